The summed E-state index contributed by atoms with van der Waals surface area (Å²) in [7, 11) is 1.14. The van der Waals surface area contributed by atoms with Crippen molar-refractivity contribution < 1.29 is 24.0 Å². The molecule has 0 spiro atoms. The first-order valence-electron chi connectivity index (χ1n) is 12.9. The number of nitrogens with one attached hydrogen (secondary N) is 3. The van der Waals surface area contributed by atoms with Crippen LogP contribution in [0.25, 0.3) is 11.1 Å². The molecule has 3 aromatic rings. The van der Waals surface area contributed by atoms with Crippen LogP contribution in [0.3, 0.4) is 0 Å². The third kappa shape index (κ3) is 7.40. The summed E-state index contributed by atoms with van der Waals surface area (Å²) in [4.78, 5) is 48.9. The summed E-state index contributed by atoms with van der Waals surface area (Å²) in [6.07, 6.45) is 2.38. The molecule has 0 bridgehead atoms. The zero-order valence-corrected chi connectivity index (χ0v) is 23.6. The number of nitro benzene ring substituents is 1. The maximum atomic E-state index is 13.1. The lowest BCUT2D eigenvalue weighted by atomic mass is 9.87. The van der Waals surface area contributed by atoms with E-state index in [4.69, 9.17) is 27.9 Å². The van der Waals surface area contributed by atoms with Crippen molar-refractivity contribution in [2.75, 3.05) is 25.5 Å². The molecule has 4 rings (SSSR count). The summed E-state index contributed by atoms with van der Waals surface area (Å²) < 4.78 is 4.78. The number of hydrogen-bond donors (Lipinski definition) is 3. The van der Waals surface area contributed by atoms with Gasteiger partial charge < -0.3 is 20.7 Å². The molecule has 0 fully saturated rings. The second-order valence-corrected chi connectivity index (χ2v) is 10.3. The van der Waals surface area contributed by atoms with Crippen LogP contribution >= 0.6 is 23.2 Å². The molecule has 3 aromatic carbocycles. The van der Waals surface area contributed by atoms with Gasteiger partial charge in [0, 0.05) is 24.7 Å². The van der Waals surface area contributed by atoms with E-state index in [1.54, 1.807) is 18.2 Å². The van der Waals surface area contributed by atoms with E-state index in [1.165, 1.54) is 12.1 Å². The Bertz CT molecular complexity index is 1440. The molecule has 3 N–H and O–H groups in total. The van der Waals surface area contributed by atoms with Gasteiger partial charge in [-0.15, -0.1) is 0 Å². The van der Waals surface area contributed by atoms with Crippen molar-refractivity contribution in [3.05, 3.63) is 92.0 Å². The number of fused-ring (bicyclic) bond motifs is 1. The van der Waals surface area contributed by atoms with E-state index >= 15 is 0 Å². The highest BCUT2D eigenvalue weighted by molar-refractivity contribution is 6.40. The number of nitro groups is 1. The van der Waals surface area contributed by atoms with Crippen LogP contribution in [0.15, 0.2) is 60.7 Å². The number of nitrogens with zero attached hydrogens (tertiary/aromatic N) is 1. The molecule has 12 heteroatoms. The number of hydrogen-bond acceptors (Lipinski definition) is 7. The molecule has 214 valence electrons. The number of benzene rings is 3. The zero-order valence-electron chi connectivity index (χ0n) is 22.1. The number of carbonyl (C=O) groups excluding carboxylic acids is 3. The lowest BCUT2D eigenvalue weighted by Gasteiger charge is -2.26. The predicted molar refractivity (Wildman–Crippen MR) is 156 cm³/mol. The second kappa shape index (κ2) is 13.6. The number of carbonyl (C=O) groups is 3. The van der Waals surface area contributed by atoms with E-state index in [2.05, 4.69) is 16.0 Å². The molecule has 1 aliphatic carbocycles. The van der Waals surface area contributed by atoms with Gasteiger partial charge in [-0.1, -0.05) is 59.6 Å². The Hall–Kier alpha value is -3.99. The average Bonchev–Trinajstić information content (AvgIpc) is 2.97. The van der Waals surface area contributed by atoms with Gasteiger partial charge in [-0.25, -0.2) is 0 Å². The molecule has 1 aliphatic rings. The number of aryl methyl sites for hydroxylation is 1. The minimum atomic E-state index is -1.37. The van der Waals surface area contributed by atoms with Gasteiger partial charge in [0.05, 0.1) is 34.3 Å². The molecular formula is C29H28Cl2N4O6. The Kier molecular flexibility index (Phi) is 9.93. The molecule has 2 amide bonds. The highest BCUT2D eigenvalue weighted by atomic mass is 35.5. The van der Waals surface area contributed by atoms with Gasteiger partial charge in [0.2, 0.25) is 11.8 Å². The van der Waals surface area contributed by atoms with Gasteiger partial charge in [-0.2, -0.15) is 0 Å². The fourth-order valence-electron chi connectivity index (χ4n) is 4.73. The van der Waals surface area contributed by atoms with E-state index in [0.29, 0.717) is 6.42 Å². The van der Waals surface area contributed by atoms with Gasteiger partial charge in [0.25, 0.3) is 5.69 Å². The highest BCUT2D eigenvalue weighted by Gasteiger charge is 2.30. The van der Waals surface area contributed by atoms with E-state index < -0.39 is 28.6 Å². The smallest absolute Gasteiger partial charge is 0.320 e. The Morgan fingerprint density at radius 2 is 1.76 bits per heavy atom. The van der Waals surface area contributed by atoms with Crippen molar-refractivity contribution in [3.63, 3.8) is 0 Å². The van der Waals surface area contributed by atoms with E-state index in [-0.39, 0.29) is 40.6 Å². The summed E-state index contributed by atoms with van der Waals surface area (Å²) in [5.41, 5.74) is 3.54. The largest absolute Gasteiger partial charge is 0.468 e. The van der Waals surface area contributed by atoms with Crippen molar-refractivity contribution in [3.8, 4) is 11.1 Å². The number of ether oxygens (including phenoxy) is 1. The maximum absolute atomic E-state index is 13.1. The summed E-state index contributed by atoms with van der Waals surface area (Å²) in [6, 6.07) is 17.2. The van der Waals surface area contributed by atoms with Gasteiger partial charge in [-0.05, 0) is 53.6 Å². The van der Waals surface area contributed by atoms with Crippen molar-refractivity contribution in [1.82, 2.24) is 10.6 Å². The first-order valence-corrected chi connectivity index (χ1v) is 13.6. The van der Waals surface area contributed by atoms with Crippen LogP contribution in [0.5, 0.6) is 0 Å². The Morgan fingerprint density at radius 3 is 2.41 bits per heavy atom. The number of methoxy groups -OCH3 is 1. The van der Waals surface area contributed by atoms with Crippen LogP contribution in [-0.2, 0) is 25.5 Å². The van der Waals surface area contributed by atoms with E-state index in [1.807, 2.05) is 30.3 Å². The lowest BCUT2D eigenvalue weighted by molar-refractivity contribution is -0.385. The number of rotatable bonds is 10. The third-order valence-electron chi connectivity index (χ3n) is 6.87. The summed E-state index contributed by atoms with van der Waals surface area (Å²) in [5.74, 6) is -3.44. The maximum Gasteiger partial charge on any atom is 0.320 e. The minimum Gasteiger partial charge on any atom is -0.468 e. The fourth-order valence-corrected chi connectivity index (χ4v) is 5.31. The van der Waals surface area contributed by atoms with Gasteiger partial charge >= 0.3 is 5.97 Å². The predicted octanol–water partition coefficient (Wildman–Crippen LogP) is 5.08. The molecule has 0 unspecified atom stereocenters. The lowest BCUT2D eigenvalue weighted by Crippen LogP contribution is -2.43. The minimum absolute atomic E-state index is 0.0104. The number of halogens is 2. The Labute approximate surface area is 246 Å². The average molecular weight is 599 g/mol. The monoisotopic (exact) mass is 598 g/mol. The molecular weight excluding hydrogens is 571 g/mol. The van der Waals surface area contributed by atoms with Gasteiger partial charge in [0.1, 0.15) is 0 Å². The van der Waals surface area contributed by atoms with Crippen LogP contribution in [-0.4, -0.2) is 42.9 Å². The zero-order chi connectivity index (χ0) is 29.5. The molecule has 0 heterocycles. The topological polar surface area (TPSA) is 140 Å². The quantitative estimate of drug-likeness (QED) is 0.128. The standard InChI is InChI=1S/C29H28Cl2N4O6/c1-41-29(38)22(28(37)34-27-23(30)12-19(13-24(27)31)17-6-3-2-4-7-17)15-33-26(36)16-32-25-9-5-8-18-10-11-20(35(39)40)14-21(18)25/h2-4,6-7,10-14,22,25,32H,5,8-9,15-16H2,1H3,(H,33,36)(H,34,37)/t22-,25-/m0/s1. The Morgan fingerprint density at radius 1 is 1.05 bits per heavy atom. The highest BCUT2D eigenvalue weighted by Crippen LogP contribution is 2.36. The molecule has 0 saturated carbocycles. The summed E-state index contributed by atoms with van der Waals surface area (Å²) in [6.45, 7) is -0.454. The first kappa shape index (κ1) is 30.0. The molecule has 0 radical (unpaired) electrons. The van der Waals surface area contributed by atoms with E-state index in [9.17, 15) is 24.5 Å². The number of anilines is 1. The number of amides is 2. The summed E-state index contributed by atoms with van der Waals surface area (Å²) in [5, 5.41) is 19.8. The number of esters is 1. The second-order valence-electron chi connectivity index (χ2n) is 9.52. The molecule has 0 aliphatic heterocycles. The van der Waals surface area contributed by atoms with Gasteiger partial charge in [0.15, 0.2) is 5.92 Å². The van der Waals surface area contributed by atoms with E-state index in [0.717, 1.165) is 42.2 Å². The fraction of sp³-hybridized carbons (Fsp3) is 0.276. The van der Waals surface area contributed by atoms with Crippen molar-refractivity contribution in [1.29, 1.82) is 0 Å². The molecule has 10 nitrogen and oxygen atoms in total. The molecule has 0 saturated heterocycles. The summed E-state index contributed by atoms with van der Waals surface area (Å²) >= 11 is 12.8. The first-order chi connectivity index (χ1) is 19.7. The molecule has 2 atom stereocenters. The Balaban J connectivity index is 1.38. The van der Waals surface area contributed by atoms with Crippen molar-refractivity contribution in [2.24, 2.45) is 5.92 Å². The van der Waals surface area contributed by atoms with Crippen LogP contribution in [0.1, 0.15) is 30.0 Å². The normalized spacial score (nSPS) is 14.9. The SMILES string of the molecule is COC(=O)[C@@H](CNC(=O)CN[C@H]1CCCc2ccc([N+](=O)[O-])cc21)C(=O)Nc1c(Cl)cc(-c2ccccc2)cc1Cl. The van der Waals surface area contributed by atoms with Crippen LogP contribution in [0, 0.1) is 16.0 Å². The van der Waals surface area contributed by atoms with Crippen molar-refractivity contribution >= 4 is 52.4 Å². The number of non-ortho nitro benzene ring substituents is 1. The van der Waals surface area contributed by atoms with Gasteiger partial charge in [-0.3, -0.25) is 24.5 Å². The molecule has 0 aromatic heterocycles. The van der Waals surface area contributed by atoms with Crippen LogP contribution in [0.4, 0.5) is 11.4 Å². The van der Waals surface area contributed by atoms with Crippen LogP contribution in [0.2, 0.25) is 10.0 Å². The van der Waals surface area contributed by atoms with Crippen molar-refractivity contribution in [2.45, 2.75) is 25.3 Å². The van der Waals surface area contributed by atoms with Crippen LogP contribution < -0.4 is 16.0 Å². The third-order valence-corrected chi connectivity index (χ3v) is 7.46. The molecule has 41 heavy (non-hydrogen) atoms.